The van der Waals surface area contributed by atoms with E-state index in [1.165, 1.54) is 6.20 Å². The second kappa shape index (κ2) is 4.64. The molecule has 0 atom stereocenters. The van der Waals surface area contributed by atoms with E-state index < -0.39 is 5.97 Å². The van der Waals surface area contributed by atoms with Crippen LogP contribution in [-0.4, -0.2) is 22.4 Å². The number of aromatic nitrogens is 2. The van der Waals surface area contributed by atoms with Gasteiger partial charge in [0.15, 0.2) is 5.69 Å². The van der Waals surface area contributed by atoms with Gasteiger partial charge in [-0.2, -0.15) is 5.10 Å². The van der Waals surface area contributed by atoms with Crippen LogP contribution in [0.2, 0.25) is 0 Å². The Morgan fingerprint density at radius 2 is 2.36 bits per heavy atom. The highest BCUT2D eigenvalue weighted by Gasteiger charge is 2.17. The van der Waals surface area contributed by atoms with Crippen LogP contribution in [-0.2, 0) is 11.3 Å². The predicted molar refractivity (Wildman–Crippen MR) is 52.9 cm³/mol. The molecular formula is C9H15N3O2. The summed E-state index contributed by atoms with van der Waals surface area (Å²) in [6, 6.07) is 0. The predicted octanol–water partition coefficient (Wildman–Crippen LogP) is 1.05. The summed E-state index contributed by atoms with van der Waals surface area (Å²) in [6.07, 6.45) is 2.37. The molecule has 0 radical (unpaired) electrons. The summed E-state index contributed by atoms with van der Waals surface area (Å²) in [6.45, 7) is 4.78. The van der Waals surface area contributed by atoms with Gasteiger partial charge < -0.3 is 10.5 Å². The first kappa shape index (κ1) is 10.6. The number of hydrogen-bond donors (Lipinski definition) is 1. The molecule has 0 unspecified atom stereocenters. The maximum Gasteiger partial charge on any atom is 0.358 e. The lowest BCUT2D eigenvalue weighted by Gasteiger charge is -2.05. The molecule has 14 heavy (non-hydrogen) atoms. The maximum atomic E-state index is 11.5. The first-order chi connectivity index (χ1) is 6.70. The average molecular weight is 197 g/mol. The fourth-order valence-corrected chi connectivity index (χ4v) is 1.20. The standard InChI is InChI=1S/C9H15N3O2/c1-3-5-12-8(7(10)6-11-12)9(13)14-4-2/h6H,3-5,10H2,1-2H3. The molecule has 1 aromatic heterocycles. The molecule has 0 amide bonds. The number of nitrogen functional groups attached to an aromatic ring is 1. The summed E-state index contributed by atoms with van der Waals surface area (Å²) < 4.78 is 6.45. The van der Waals surface area contributed by atoms with Gasteiger partial charge in [-0.1, -0.05) is 6.92 Å². The van der Waals surface area contributed by atoms with Gasteiger partial charge in [-0.05, 0) is 13.3 Å². The van der Waals surface area contributed by atoms with Gasteiger partial charge in [-0.15, -0.1) is 0 Å². The lowest BCUT2D eigenvalue weighted by molar-refractivity contribution is 0.0513. The highest BCUT2D eigenvalue weighted by Crippen LogP contribution is 2.12. The summed E-state index contributed by atoms with van der Waals surface area (Å²) in [5.74, 6) is -0.407. The number of esters is 1. The molecule has 5 heteroatoms. The van der Waals surface area contributed by atoms with Gasteiger partial charge in [0.25, 0.3) is 0 Å². The number of nitrogens with two attached hydrogens (primary N) is 1. The molecule has 0 fully saturated rings. The molecule has 0 aliphatic rings. The molecule has 5 nitrogen and oxygen atoms in total. The molecule has 0 saturated heterocycles. The van der Waals surface area contributed by atoms with Crippen molar-refractivity contribution in [3.05, 3.63) is 11.9 Å². The van der Waals surface area contributed by atoms with E-state index in [0.717, 1.165) is 6.42 Å². The van der Waals surface area contributed by atoms with Crippen molar-refractivity contribution in [3.8, 4) is 0 Å². The molecule has 0 aliphatic carbocycles. The minimum Gasteiger partial charge on any atom is -0.461 e. The van der Waals surface area contributed by atoms with Crippen LogP contribution in [0.15, 0.2) is 6.20 Å². The lowest BCUT2D eigenvalue weighted by atomic mass is 10.3. The Kier molecular flexibility index (Phi) is 3.50. The Labute approximate surface area is 82.8 Å². The zero-order valence-corrected chi connectivity index (χ0v) is 8.49. The number of carbonyl (C=O) groups is 1. The molecule has 0 aliphatic heterocycles. The second-order valence-corrected chi connectivity index (χ2v) is 2.89. The van der Waals surface area contributed by atoms with Crippen molar-refractivity contribution in [1.82, 2.24) is 9.78 Å². The molecule has 0 bridgehead atoms. The monoisotopic (exact) mass is 197 g/mol. The van der Waals surface area contributed by atoms with Gasteiger partial charge >= 0.3 is 5.97 Å². The van der Waals surface area contributed by atoms with Gasteiger partial charge in [-0.3, -0.25) is 4.68 Å². The number of anilines is 1. The number of nitrogens with zero attached hydrogens (tertiary/aromatic N) is 2. The van der Waals surface area contributed by atoms with Crippen molar-refractivity contribution in [3.63, 3.8) is 0 Å². The van der Waals surface area contributed by atoms with Gasteiger partial charge in [0.1, 0.15) is 0 Å². The minimum atomic E-state index is -0.407. The van der Waals surface area contributed by atoms with Crippen LogP contribution in [0.3, 0.4) is 0 Å². The third kappa shape index (κ3) is 2.04. The van der Waals surface area contributed by atoms with Crippen LogP contribution in [0.1, 0.15) is 30.8 Å². The number of aryl methyl sites for hydroxylation is 1. The Hall–Kier alpha value is -1.52. The summed E-state index contributed by atoms with van der Waals surface area (Å²) in [7, 11) is 0. The topological polar surface area (TPSA) is 70.1 Å². The van der Waals surface area contributed by atoms with E-state index in [4.69, 9.17) is 10.5 Å². The van der Waals surface area contributed by atoms with E-state index in [2.05, 4.69) is 5.10 Å². The van der Waals surface area contributed by atoms with Gasteiger partial charge in [-0.25, -0.2) is 4.79 Å². The van der Waals surface area contributed by atoms with Crippen molar-refractivity contribution < 1.29 is 9.53 Å². The van der Waals surface area contributed by atoms with Crippen LogP contribution < -0.4 is 5.73 Å². The maximum absolute atomic E-state index is 11.5. The first-order valence-electron chi connectivity index (χ1n) is 4.69. The Morgan fingerprint density at radius 1 is 1.64 bits per heavy atom. The normalized spacial score (nSPS) is 10.1. The SMILES string of the molecule is CCCn1ncc(N)c1C(=O)OCC. The van der Waals surface area contributed by atoms with Crippen LogP contribution in [0.25, 0.3) is 0 Å². The van der Waals surface area contributed by atoms with E-state index >= 15 is 0 Å². The number of rotatable bonds is 4. The Balaban J connectivity index is 2.92. The van der Waals surface area contributed by atoms with Crippen LogP contribution in [0, 0.1) is 0 Å². The van der Waals surface area contributed by atoms with E-state index in [0.29, 0.717) is 24.5 Å². The molecule has 1 rings (SSSR count). The molecule has 0 saturated carbocycles. The van der Waals surface area contributed by atoms with Crippen LogP contribution in [0.5, 0.6) is 0 Å². The molecule has 0 spiro atoms. The largest absolute Gasteiger partial charge is 0.461 e. The fourth-order valence-electron chi connectivity index (χ4n) is 1.20. The van der Waals surface area contributed by atoms with Gasteiger partial charge in [0, 0.05) is 6.54 Å². The summed E-state index contributed by atoms with van der Waals surface area (Å²) in [5.41, 5.74) is 6.35. The quantitative estimate of drug-likeness (QED) is 0.732. The zero-order valence-electron chi connectivity index (χ0n) is 8.49. The van der Waals surface area contributed by atoms with Crippen molar-refractivity contribution >= 4 is 11.7 Å². The smallest absolute Gasteiger partial charge is 0.358 e. The summed E-state index contributed by atoms with van der Waals surface area (Å²) in [5, 5.41) is 4.00. The van der Waals surface area contributed by atoms with E-state index in [1.807, 2.05) is 6.92 Å². The van der Waals surface area contributed by atoms with Crippen LogP contribution >= 0.6 is 0 Å². The summed E-state index contributed by atoms with van der Waals surface area (Å²) in [4.78, 5) is 11.5. The number of carbonyl (C=O) groups excluding carboxylic acids is 1. The Bertz CT molecular complexity index is 320. The third-order valence-electron chi connectivity index (χ3n) is 1.77. The van der Waals surface area contributed by atoms with Crippen LogP contribution in [0.4, 0.5) is 5.69 Å². The third-order valence-corrected chi connectivity index (χ3v) is 1.77. The zero-order chi connectivity index (χ0) is 10.6. The number of ether oxygens (including phenoxy) is 1. The molecule has 1 aromatic rings. The second-order valence-electron chi connectivity index (χ2n) is 2.89. The average Bonchev–Trinajstić information content (AvgIpc) is 2.48. The fraction of sp³-hybridized carbons (Fsp3) is 0.556. The Morgan fingerprint density at radius 3 is 2.93 bits per heavy atom. The number of hydrogen-bond acceptors (Lipinski definition) is 4. The highest BCUT2D eigenvalue weighted by atomic mass is 16.5. The van der Waals surface area contributed by atoms with E-state index in [9.17, 15) is 4.79 Å². The van der Waals surface area contributed by atoms with Gasteiger partial charge in [0.2, 0.25) is 0 Å². The van der Waals surface area contributed by atoms with E-state index in [-0.39, 0.29) is 0 Å². The molecule has 1 heterocycles. The first-order valence-corrected chi connectivity index (χ1v) is 4.69. The van der Waals surface area contributed by atoms with E-state index in [1.54, 1.807) is 11.6 Å². The van der Waals surface area contributed by atoms with Crippen molar-refractivity contribution in [2.45, 2.75) is 26.8 Å². The lowest BCUT2D eigenvalue weighted by Crippen LogP contribution is -2.14. The molecule has 2 N–H and O–H groups in total. The highest BCUT2D eigenvalue weighted by molar-refractivity contribution is 5.93. The molecular weight excluding hydrogens is 182 g/mol. The minimum absolute atomic E-state index is 0.343. The molecule has 78 valence electrons. The summed E-state index contributed by atoms with van der Waals surface area (Å²) >= 11 is 0. The van der Waals surface area contributed by atoms with Crippen molar-refractivity contribution in [1.29, 1.82) is 0 Å². The van der Waals surface area contributed by atoms with Crippen molar-refractivity contribution in [2.75, 3.05) is 12.3 Å². The molecule has 0 aromatic carbocycles. The van der Waals surface area contributed by atoms with Crippen molar-refractivity contribution in [2.24, 2.45) is 0 Å². The van der Waals surface area contributed by atoms with Gasteiger partial charge in [0.05, 0.1) is 18.5 Å².